The normalized spacial score (nSPS) is 11.3. The molecule has 0 aliphatic heterocycles. The molecule has 0 radical (unpaired) electrons. The third-order valence-corrected chi connectivity index (χ3v) is 7.33. The van der Waals surface area contributed by atoms with Gasteiger partial charge < -0.3 is 5.32 Å². The molecule has 30 heavy (non-hydrogen) atoms. The van der Waals surface area contributed by atoms with Crippen LogP contribution in [0.15, 0.2) is 48.5 Å². The largest absolute Gasteiger partial charge is 0.321 e. The molecule has 5 nitrogen and oxygen atoms in total. The monoisotopic (exact) mass is 446 g/mol. The zero-order valence-corrected chi connectivity index (χ0v) is 18.6. The van der Waals surface area contributed by atoms with Crippen LogP contribution in [0.5, 0.6) is 0 Å². The minimum Gasteiger partial charge on any atom is -0.321 e. The third-order valence-electron chi connectivity index (χ3n) is 4.57. The van der Waals surface area contributed by atoms with E-state index in [2.05, 4.69) is 10.0 Å². The van der Waals surface area contributed by atoms with E-state index in [1.807, 2.05) is 6.92 Å². The van der Waals surface area contributed by atoms with Crippen molar-refractivity contribution in [3.63, 3.8) is 0 Å². The highest BCUT2D eigenvalue weighted by Crippen LogP contribution is 2.33. The maximum atomic E-state index is 13.2. The molecule has 0 saturated carbocycles. The Morgan fingerprint density at radius 2 is 1.73 bits per heavy atom. The number of hydrogen-bond donors (Lipinski definition) is 2. The number of sulfonamides is 1. The fraction of sp³-hybridized carbons (Fsp3) is 0.227. The molecular weight excluding hydrogens is 423 g/mol. The Morgan fingerprint density at radius 1 is 1.07 bits per heavy atom. The van der Waals surface area contributed by atoms with Gasteiger partial charge in [-0.25, -0.2) is 12.8 Å². The smallest absolute Gasteiger partial charge is 0.265 e. The fourth-order valence-corrected chi connectivity index (χ4v) is 5.30. The summed E-state index contributed by atoms with van der Waals surface area (Å²) < 4.78 is 39.9. The van der Waals surface area contributed by atoms with Gasteiger partial charge in [0.25, 0.3) is 5.91 Å². The van der Waals surface area contributed by atoms with E-state index in [-0.39, 0.29) is 17.5 Å². The zero-order chi connectivity index (χ0) is 21.9. The van der Waals surface area contributed by atoms with Gasteiger partial charge in [0.1, 0.15) is 5.82 Å². The van der Waals surface area contributed by atoms with Crippen LogP contribution in [0.2, 0.25) is 0 Å². The summed E-state index contributed by atoms with van der Waals surface area (Å²) in [5.74, 6) is -0.562. The predicted octanol–water partition coefficient (Wildman–Crippen LogP) is 5.58. The summed E-state index contributed by atoms with van der Waals surface area (Å²) in [6.45, 7) is 5.45. The standard InChI is InChI=1S/C22H23FN2O3S2/c1-4-12-30(27,28)25-19-7-5-6-18(15(19)3)24-22(26)20-13-14(2)21(29-20)16-8-10-17(23)11-9-16/h5-11,13,25H,4,12H2,1-3H3,(H,24,26). The van der Waals surface area contributed by atoms with Gasteiger partial charge in [-0.3, -0.25) is 9.52 Å². The van der Waals surface area contributed by atoms with E-state index >= 15 is 0 Å². The van der Waals surface area contributed by atoms with Crippen LogP contribution < -0.4 is 10.0 Å². The number of hydrogen-bond acceptors (Lipinski definition) is 4. The molecule has 8 heteroatoms. The number of amides is 1. The molecule has 2 N–H and O–H groups in total. The van der Waals surface area contributed by atoms with E-state index < -0.39 is 10.0 Å². The molecule has 0 bridgehead atoms. The van der Waals surface area contributed by atoms with Crippen LogP contribution in [0, 0.1) is 19.7 Å². The molecule has 3 aromatic rings. The van der Waals surface area contributed by atoms with E-state index in [1.54, 1.807) is 50.2 Å². The van der Waals surface area contributed by atoms with Gasteiger partial charge in [-0.05, 0) is 67.3 Å². The van der Waals surface area contributed by atoms with Gasteiger partial charge in [0.2, 0.25) is 10.0 Å². The van der Waals surface area contributed by atoms with Gasteiger partial charge in [0.15, 0.2) is 0 Å². The number of rotatable bonds is 7. The second-order valence-electron chi connectivity index (χ2n) is 6.98. The summed E-state index contributed by atoms with van der Waals surface area (Å²) in [4.78, 5) is 14.2. The predicted molar refractivity (Wildman–Crippen MR) is 121 cm³/mol. The summed E-state index contributed by atoms with van der Waals surface area (Å²) in [6.07, 6.45) is 0.513. The Labute approximate surface area is 180 Å². The number of carbonyl (C=O) groups excluding carboxylic acids is 1. The highest BCUT2D eigenvalue weighted by Gasteiger charge is 2.17. The number of thiophene rings is 1. The molecule has 0 fully saturated rings. The fourth-order valence-electron chi connectivity index (χ4n) is 3.03. The van der Waals surface area contributed by atoms with Crippen LogP contribution in [-0.2, 0) is 10.0 Å². The van der Waals surface area contributed by atoms with Crippen LogP contribution in [0.4, 0.5) is 15.8 Å². The van der Waals surface area contributed by atoms with Crippen molar-refractivity contribution in [3.05, 3.63) is 70.4 Å². The molecule has 158 valence electrons. The summed E-state index contributed by atoms with van der Waals surface area (Å²) in [7, 11) is -3.43. The van der Waals surface area contributed by atoms with Crippen LogP contribution in [0.25, 0.3) is 10.4 Å². The lowest BCUT2D eigenvalue weighted by atomic mass is 10.1. The Morgan fingerprint density at radius 3 is 2.40 bits per heavy atom. The summed E-state index contributed by atoms with van der Waals surface area (Å²) in [5.41, 5.74) is 3.38. The van der Waals surface area contributed by atoms with Crippen molar-refractivity contribution < 1.29 is 17.6 Å². The number of aryl methyl sites for hydroxylation is 1. The van der Waals surface area contributed by atoms with E-state index in [4.69, 9.17) is 0 Å². The highest BCUT2D eigenvalue weighted by molar-refractivity contribution is 7.92. The molecule has 0 aliphatic carbocycles. The molecule has 3 rings (SSSR count). The maximum Gasteiger partial charge on any atom is 0.265 e. The first-order valence-electron chi connectivity index (χ1n) is 9.48. The molecular formula is C22H23FN2O3S2. The number of benzene rings is 2. The molecule has 0 saturated heterocycles. The van der Waals surface area contributed by atoms with Crippen molar-refractivity contribution in [2.24, 2.45) is 0 Å². The van der Waals surface area contributed by atoms with Crippen LogP contribution in [0.1, 0.15) is 34.1 Å². The van der Waals surface area contributed by atoms with E-state index in [0.29, 0.717) is 28.2 Å². The topological polar surface area (TPSA) is 75.3 Å². The number of carbonyl (C=O) groups is 1. The second kappa shape index (κ2) is 8.97. The van der Waals surface area contributed by atoms with Crippen molar-refractivity contribution in [3.8, 4) is 10.4 Å². The number of halogens is 1. The molecule has 0 atom stereocenters. The van der Waals surface area contributed by atoms with Gasteiger partial charge in [0, 0.05) is 10.6 Å². The van der Waals surface area contributed by atoms with E-state index in [9.17, 15) is 17.6 Å². The molecule has 0 unspecified atom stereocenters. The van der Waals surface area contributed by atoms with Crippen LogP contribution in [-0.4, -0.2) is 20.1 Å². The minimum atomic E-state index is -3.43. The molecule has 1 aromatic heterocycles. The van der Waals surface area contributed by atoms with Gasteiger partial charge in [-0.1, -0.05) is 25.1 Å². The molecule has 0 aliphatic rings. The molecule has 0 spiro atoms. The molecule has 2 aromatic carbocycles. The van der Waals surface area contributed by atoms with E-state index in [0.717, 1.165) is 16.0 Å². The molecule has 1 heterocycles. The average molecular weight is 447 g/mol. The first kappa shape index (κ1) is 22.0. The first-order valence-corrected chi connectivity index (χ1v) is 11.9. The lowest BCUT2D eigenvalue weighted by molar-refractivity contribution is 0.103. The molecule has 1 amide bonds. The minimum absolute atomic E-state index is 0.0314. The van der Waals surface area contributed by atoms with Crippen molar-refractivity contribution in [1.29, 1.82) is 0 Å². The summed E-state index contributed by atoms with van der Waals surface area (Å²) in [6, 6.07) is 13.0. The van der Waals surface area contributed by atoms with Crippen molar-refractivity contribution >= 4 is 38.6 Å². The Balaban J connectivity index is 1.82. The van der Waals surface area contributed by atoms with Gasteiger partial charge >= 0.3 is 0 Å². The number of nitrogens with one attached hydrogen (secondary N) is 2. The lowest BCUT2D eigenvalue weighted by Gasteiger charge is -2.14. The quantitative estimate of drug-likeness (QED) is 0.498. The van der Waals surface area contributed by atoms with Crippen LogP contribution in [0.3, 0.4) is 0 Å². The highest BCUT2D eigenvalue weighted by atomic mass is 32.2. The van der Waals surface area contributed by atoms with Crippen molar-refractivity contribution in [2.45, 2.75) is 27.2 Å². The number of anilines is 2. The first-order chi connectivity index (χ1) is 14.2. The Hall–Kier alpha value is -2.71. The van der Waals surface area contributed by atoms with Crippen LogP contribution >= 0.6 is 11.3 Å². The van der Waals surface area contributed by atoms with E-state index in [1.165, 1.54) is 23.5 Å². The average Bonchev–Trinajstić information content (AvgIpc) is 3.07. The Bertz CT molecular complexity index is 1170. The maximum absolute atomic E-state index is 13.2. The van der Waals surface area contributed by atoms with Gasteiger partial charge in [0.05, 0.1) is 16.3 Å². The summed E-state index contributed by atoms with van der Waals surface area (Å²) >= 11 is 1.33. The second-order valence-corrected chi connectivity index (χ2v) is 9.88. The Kier molecular flexibility index (Phi) is 6.58. The van der Waals surface area contributed by atoms with Gasteiger partial charge in [-0.2, -0.15) is 0 Å². The zero-order valence-electron chi connectivity index (χ0n) is 17.0. The van der Waals surface area contributed by atoms with Crippen molar-refractivity contribution in [1.82, 2.24) is 0 Å². The van der Waals surface area contributed by atoms with Crippen molar-refractivity contribution in [2.75, 3.05) is 15.8 Å². The third kappa shape index (κ3) is 5.06. The summed E-state index contributed by atoms with van der Waals surface area (Å²) in [5, 5.41) is 2.86. The SMILES string of the molecule is CCCS(=O)(=O)Nc1cccc(NC(=O)c2cc(C)c(-c3ccc(F)cc3)s2)c1C. The van der Waals surface area contributed by atoms with Gasteiger partial charge in [-0.15, -0.1) is 11.3 Å². The lowest BCUT2D eigenvalue weighted by Crippen LogP contribution is -2.18.